The Morgan fingerprint density at radius 2 is 2.10 bits per heavy atom. The number of morpholine rings is 1. The van der Waals surface area contributed by atoms with Crippen LogP contribution in [0.4, 0.5) is 0 Å². The van der Waals surface area contributed by atoms with Gasteiger partial charge in [-0.05, 0) is 11.5 Å². The first-order valence-corrected chi connectivity index (χ1v) is 8.38. The number of benzene rings is 1. The Bertz CT molecular complexity index is 587. The summed E-state index contributed by atoms with van der Waals surface area (Å²) in [5, 5.41) is 9.14. The van der Waals surface area contributed by atoms with Crippen molar-refractivity contribution in [2.45, 2.75) is 18.9 Å². The van der Waals surface area contributed by atoms with Crippen LogP contribution in [0.25, 0.3) is 0 Å². The van der Waals surface area contributed by atoms with Crippen LogP contribution >= 0.6 is 0 Å². The Kier molecular flexibility index (Phi) is 4.97. The number of hydrogen-bond acceptors (Lipinski definition) is 4. The monoisotopic (exact) mass is 313 g/mol. The van der Waals surface area contributed by atoms with E-state index in [-0.39, 0.29) is 31.4 Å². The third-order valence-electron chi connectivity index (χ3n) is 3.55. The summed E-state index contributed by atoms with van der Waals surface area (Å²) in [6, 6.07) is 8.18. The minimum atomic E-state index is -3.65. The van der Waals surface area contributed by atoms with E-state index in [9.17, 15) is 13.2 Å². The molecule has 116 valence electrons. The number of aliphatic carboxylic acids is 1. The van der Waals surface area contributed by atoms with Gasteiger partial charge in [0.15, 0.2) is 0 Å². The first-order valence-electron chi connectivity index (χ1n) is 6.77. The second-order valence-electron chi connectivity index (χ2n) is 5.13. The number of rotatable bonds is 5. The molecule has 1 aromatic carbocycles. The third kappa shape index (κ3) is 3.81. The van der Waals surface area contributed by atoms with Gasteiger partial charge in [0.1, 0.15) is 6.04 Å². The molecule has 0 aliphatic carbocycles. The first-order chi connectivity index (χ1) is 9.92. The van der Waals surface area contributed by atoms with Gasteiger partial charge in [-0.1, -0.05) is 37.3 Å². The number of carboxylic acid groups (broad SMARTS) is 1. The Hall–Kier alpha value is -1.44. The van der Waals surface area contributed by atoms with E-state index in [4.69, 9.17) is 9.84 Å². The van der Waals surface area contributed by atoms with Crippen molar-refractivity contribution in [1.29, 1.82) is 0 Å². The molecule has 1 aliphatic rings. The van der Waals surface area contributed by atoms with Gasteiger partial charge in [0.2, 0.25) is 10.0 Å². The zero-order valence-electron chi connectivity index (χ0n) is 11.8. The largest absolute Gasteiger partial charge is 0.480 e. The molecule has 1 aromatic rings. The van der Waals surface area contributed by atoms with E-state index in [1.165, 1.54) is 0 Å². The standard InChI is InChI=1S/C14H19NO5S/c1-11(12-5-3-2-4-6-12)10-21(18,19)15-7-8-20-9-13(15)14(16)17/h2-6,11,13H,7-10H2,1H3,(H,16,17). The summed E-state index contributed by atoms with van der Waals surface area (Å²) in [4.78, 5) is 11.2. The maximum Gasteiger partial charge on any atom is 0.324 e. The summed E-state index contributed by atoms with van der Waals surface area (Å²) >= 11 is 0. The van der Waals surface area contributed by atoms with Crippen LogP contribution in [0.2, 0.25) is 0 Å². The summed E-state index contributed by atoms with van der Waals surface area (Å²) < 4.78 is 31.1. The molecule has 21 heavy (non-hydrogen) atoms. The SMILES string of the molecule is CC(CS(=O)(=O)N1CCOCC1C(=O)O)c1ccccc1. The first kappa shape index (κ1) is 15.9. The fraction of sp³-hybridized carbons (Fsp3) is 0.500. The topological polar surface area (TPSA) is 83.9 Å². The van der Waals surface area contributed by atoms with Crippen LogP contribution in [0.3, 0.4) is 0 Å². The van der Waals surface area contributed by atoms with E-state index in [1.807, 2.05) is 37.3 Å². The minimum absolute atomic E-state index is 0.0841. The van der Waals surface area contributed by atoms with E-state index in [1.54, 1.807) is 0 Å². The smallest absolute Gasteiger partial charge is 0.324 e. The van der Waals surface area contributed by atoms with Gasteiger partial charge in [0.05, 0.1) is 19.0 Å². The van der Waals surface area contributed by atoms with Crippen molar-refractivity contribution in [3.8, 4) is 0 Å². The number of ether oxygens (including phenoxy) is 1. The molecule has 2 unspecified atom stereocenters. The number of sulfonamides is 1. The quantitative estimate of drug-likeness (QED) is 0.873. The maximum atomic E-state index is 12.5. The predicted molar refractivity (Wildman–Crippen MR) is 77.6 cm³/mol. The Morgan fingerprint density at radius 3 is 2.71 bits per heavy atom. The van der Waals surface area contributed by atoms with Crippen molar-refractivity contribution in [3.05, 3.63) is 35.9 Å². The molecule has 1 N–H and O–H groups in total. The molecule has 0 spiro atoms. The molecule has 1 heterocycles. The summed E-state index contributed by atoms with van der Waals surface area (Å²) in [6.45, 7) is 2.03. The van der Waals surface area contributed by atoms with Crippen molar-refractivity contribution >= 4 is 16.0 Å². The summed E-state index contributed by atoms with van der Waals surface area (Å²) in [7, 11) is -3.65. The van der Waals surface area contributed by atoms with Gasteiger partial charge in [-0.3, -0.25) is 4.79 Å². The molecule has 0 radical (unpaired) electrons. The van der Waals surface area contributed by atoms with Crippen LogP contribution in [0.5, 0.6) is 0 Å². The normalized spacial score (nSPS) is 21.9. The molecule has 1 fully saturated rings. The molecule has 0 saturated carbocycles. The van der Waals surface area contributed by atoms with Crippen molar-refractivity contribution in [2.24, 2.45) is 0 Å². The molecular formula is C14H19NO5S. The highest BCUT2D eigenvalue weighted by atomic mass is 32.2. The highest BCUT2D eigenvalue weighted by Gasteiger charge is 2.38. The van der Waals surface area contributed by atoms with E-state index in [0.717, 1.165) is 9.87 Å². The maximum absolute atomic E-state index is 12.5. The average Bonchev–Trinajstić information content (AvgIpc) is 2.47. The van der Waals surface area contributed by atoms with Crippen LogP contribution in [0.15, 0.2) is 30.3 Å². The van der Waals surface area contributed by atoms with Gasteiger partial charge < -0.3 is 9.84 Å². The fourth-order valence-corrected chi connectivity index (χ4v) is 4.31. The van der Waals surface area contributed by atoms with E-state index in [0.29, 0.717) is 0 Å². The van der Waals surface area contributed by atoms with Crippen molar-refractivity contribution in [2.75, 3.05) is 25.5 Å². The number of carbonyl (C=O) groups is 1. The fourth-order valence-electron chi connectivity index (χ4n) is 2.41. The Balaban J connectivity index is 2.15. The molecule has 7 heteroatoms. The van der Waals surface area contributed by atoms with Crippen molar-refractivity contribution in [1.82, 2.24) is 4.31 Å². The molecule has 6 nitrogen and oxygen atoms in total. The molecule has 1 saturated heterocycles. The number of nitrogens with zero attached hydrogens (tertiary/aromatic N) is 1. The van der Waals surface area contributed by atoms with Crippen molar-refractivity contribution < 1.29 is 23.1 Å². The molecule has 2 rings (SSSR count). The molecule has 0 bridgehead atoms. The highest BCUT2D eigenvalue weighted by molar-refractivity contribution is 7.89. The van der Waals surface area contributed by atoms with E-state index in [2.05, 4.69) is 0 Å². The van der Waals surface area contributed by atoms with Gasteiger partial charge in [-0.15, -0.1) is 0 Å². The zero-order valence-corrected chi connectivity index (χ0v) is 12.6. The van der Waals surface area contributed by atoms with Crippen LogP contribution < -0.4 is 0 Å². The second kappa shape index (κ2) is 6.55. The van der Waals surface area contributed by atoms with Gasteiger partial charge in [0, 0.05) is 6.54 Å². The zero-order chi connectivity index (χ0) is 15.5. The lowest BCUT2D eigenvalue weighted by atomic mass is 10.0. The summed E-state index contributed by atoms with van der Waals surface area (Å²) in [6.07, 6.45) is 0. The Morgan fingerprint density at radius 1 is 1.43 bits per heavy atom. The van der Waals surface area contributed by atoms with Gasteiger partial charge in [0.25, 0.3) is 0 Å². The Labute approximate surface area is 124 Å². The van der Waals surface area contributed by atoms with E-state index < -0.39 is 22.0 Å². The highest BCUT2D eigenvalue weighted by Crippen LogP contribution is 2.21. The van der Waals surface area contributed by atoms with Crippen LogP contribution in [-0.4, -0.2) is 55.4 Å². The number of hydrogen-bond donors (Lipinski definition) is 1. The lowest BCUT2D eigenvalue weighted by Gasteiger charge is -2.32. The van der Waals surface area contributed by atoms with E-state index >= 15 is 0 Å². The molecule has 2 atom stereocenters. The van der Waals surface area contributed by atoms with Crippen molar-refractivity contribution in [3.63, 3.8) is 0 Å². The molecular weight excluding hydrogens is 294 g/mol. The minimum Gasteiger partial charge on any atom is -0.480 e. The molecule has 0 amide bonds. The van der Waals surface area contributed by atoms with Gasteiger partial charge in [-0.2, -0.15) is 4.31 Å². The van der Waals surface area contributed by atoms with Gasteiger partial charge in [-0.25, -0.2) is 8.42 Å². The van der Waals surface area contributed by atoms with Crippen LogP contribution in [0.1, 0.15) is 18.4 Å². The second-order valence-corrected chi connectivity index (χ2v) is 7.10. The van der Waals surface area contributed by atoms with Gasteiger partial charge >= 0.3 is 5.97 Å². The summed E-state index contributed by atoms with van der Waals surface area (Å²) in [5.41, 5.74) is 0.918. The summed E-state index contributed by atoms with van der Waals surface area (Å²) in [5.74, 6) is -1.49. The lowest BCUT2D eigenvalue weighted by Crippen LogP contribution is -2.53. The average molecular weight is 313 g/mol. The molecule has 1 aliphatic heterocycles. The lowest BCUT2D eigenvalue weighted by molar-refractivity contribution is -0.146. The third-order valence-corrected chi connectivity index (χ3v) is 5.62. The molecule has 0 aromatic heterocycles. The number of carboxylic acids is 1. The predicted octanol–water partition coefficient (Wildman–Crippen LogP) is 0.905. The van der Waals surface area contributed by atoms with Crippen LogP contribution in [-0.2, 0) is 19.6 Å². The van der Waals surface area contributed by atoms with Crippen LogP contribution in [0, 0.1) is 0 Å².